The van der Waals surface area contributed by atoms with Gasteiger partial charge in [0, 0.05) is 19.3 Å². The van der Waals surface area contributed by atoms with Crippen LogP contribution in [-0.2, 0) is 9.53 Å². The van der Waals surface area contributed by atoms with Crippen LogP contribution < -0.4 is 0 Å². The van der Waals surface area contributed by atoms with Gasteiger partial charge < -0.3 is 9.84 Å². The number of hydrogen-bond donors (Lipinski definition) is 1. The minimum Gasteiger partial charge on any atom is -0.480 e. The number of carboxylic acid groups (broad SMARTS) is 1. The van der Waals surface area contributed by atoms with Crippen molar-refractivity contribution in [3.63, 3.8) is 0 Å². The van der Waals surface area contributed by atoms with Crippen LogP contribution in [0.25, 0.3) is 0 Å². The van der Waals surface area contributed by atoms with Gasteiger partial charge in [-0.2, -0.15) is 0 Å². The molecule has 0 aromatic carbocycles. The number of aliphatic carboxylic acids is 1. The van der Waals surface area contributed by atoms with Crippen LogP contribution in [0.4, 0.5) is 0 Å². The van der Waals surface area contributed by atoms with Gasteiger partial charge in [0.15, 0.2) is 0 Å². The highest BCUT2D eigenvalue weighted by molar-refractivity contribution is 5.79. The van der Waals surface area contributed by atoms with E-state index in [-0.39, 0.29) is 0 Å². The number of rotatable bonds is 3. The number of carbonyl (C=O) groups is 1. The largest absolute Gasteiger partial charge is 0.480 e. The Hall–Kier alpha value is -0.610. The molecule has 2 rings (SSSR count). The first-order chi connectivity index (χ1) is 8.20. The summed E-state index contributed by atoms with van der Waals surface area (Å²) >= 11 is 0. The number of hydrogen-bond acceptors (Lipinski definition) is 3. The second-order valence-corrected chi connectivity index (χ2v) is 5.18. The summed E-state index contributed by atoms with van der Waals surface area (Å²) in [6.07, 6.45) is 5.64. The SMILES string of the molecule is CCC1(C(=O)O)CCCN1C1CCCOCC1. The van der Waals surface area contributed by atoms with Gasteiger partial charge in [-0.05, 0) is 45.1 Å². The molecule has 2 heterocycles. The molecule has 2 aliphatic heterocycles. The van der Waals surface area contributed by atoms with E-state index in [1.165, 1.54) is 0 Å². The molecule has 2 atom stereocenters. The van der Waals surface area contributed by atoms with Crippen LogP contribution >= 0.6 is 0 Å². The molecule has 17 heavy (non-hydrogen) atoms. The Kier molecular flexibility index (Phi) is 4.05. The third-order valence-corrected chi connectivity index (χ3v) is 4.38. The zero-order valence-corrected chi connectivity index (χ0v) is 10.7. The number of ether oxygens (including phenoxy) is 1. The van der Waals surface area contributed by atoms with E-state index in [2.05, 4.69) is 4.90 Å². The molecular formula is C13H23NO3. The van der Waals surface area contributed by atoms with E-state index in [1.54, 1.807) is 0 Å². The Morgan fingerprint density at radius 2 is 2.24 bits per heavy atom. The van der Waals surface area contributed by atoms with Crippen LogP contribution in [0, 0.1) is 0 Å². The molecular weight excluding hydrogens is 218 g/mol. The van der Waals surface area contributed by atoms with Crippen LogP contribution in [0.3, 0.4) is 0 Å². The summed E-state index contributed by atoms with van der Waals surface area (Å²) in [5.41, 5.74) is -0.602. The van der Waals surface area contributed by atoms with Crippen molar-refractivity contribution in [2.45, 2.75) is 57.0 Å². The highest BCUT2D eigenvalue weighted by atomic mass is 16.5. The lowest BCUT2D eigenvalue weighted by molar-refractivity contribution is -0.151. The Morgan fingerprint density at radius 1 is 1.41 bits per heavy atom. The molecule has 2 unspecified atom stereocenters. The molecule has 2 saturated heterocycles. The van der Waals surface area contributed by atoms with Crippen molar-refractivity contribution in [1.29, 1.82) is 0 Å². The smallest absolute Gasteiger partial charge is 0.324 e. The predicted molar refractivity (Wildman–Crippen MR) is 65.1 cm³/mol. The molecule has 4 heteroatoms. The van der Waals surface area contributed by atoms with E-state index >= 15 is 0 Å². The average Bonchev–Trinajstić information content (AvgIpc) is 2.58. The van der Waals surface area contributed by atoms with Crippen LogP contribution in [-0.4, -0.2) is 47.3 Å². The van der Waals surface area contributed by atoms with E-state index in [9.17, 15) is 9.90 Å². The lowest BCUT2D eigenvalue weighted by Gasteiger charge is -2.39. The summed E-state index contributed by atoms with van der Waals surface area (Å²) in [6.45, 7) is 4.54. The molecule has 0 radical (unpaired) electrons. The second kappa shape index (κ2) is 5.36. The van der Waals surface area contributed by atoms with Crippen molar-refractivity contribution in [3.05, 3.63) is 0 Å². The van der Waals surface area contributed by atoms with Crippen LogP contribution in [0.1, 0.15) is 45.4 Å². The molecule has 0 bridgehead atoms. The van der Waals surface area contributed by atoms with Gasteiger partial charge in [0.05, 0.1) is 0 Å². The molecule has 0 aromatic heterocycles. The molecule has 0 saturated carbocycles. The summed E-state index contributed by atoms with van der Waals surface area (Å²) in [5, 5.41) is 9.56. The van der Waals surface area contributed by atoms with Gasteiger partial charge >= 0.3 is 5.97 Å². The molecule has 2 fully saturated rings. The van der Waals surface area contributed by atoms with Crippen molar-refractivity contribution < 1.29 is 14.6 Å². The van der Waals surface area contributed by atoms with Crippen molar-refractivity contribution in [2.24, 2.45) is 0 Å². The Labute approximate surface area is 103 Å². The number of nitrogens with zero attached hydrogens (tertiary/aromatic N) is 1. The summed E-state index contributed by atoms with van der Waals surface area (Å²) in [6, 6.07) is 0.399. The van der Waals surface area contributed by atoms with Gasteiger partial charge in [-0.25, -0.2) is 0 Å². The summed E-state index contributed by atoms with van der Waals surface area (Å²) in [4.78, 5) is 13.9. The van der Waals surface area contributed by atoms with E-state index in [4.69, 9.17) is 4.74 Å². The van der Waals surface area contributed by atoms with Crippen molar-refractivity contribution >= 4 is 5.97 Å². The first-order valence-corrected chi connectivity index (χ1v) is 6.78. The van der Waals surface area contributed by atoms with Crippen LogP contribution in [0.5, 0.6) is 0 Å². The van der Waals surface area contributed by atoms with Crippen molar-refractivity contribution in [2.75, 3.05) is 19.8 Å². The van der Waals surface area contributed by atoms with Crippen LogP contribution in [0.2, 0.25) is 0 Å². The third-order valence-electron chi connectivity index (χ3n) is 4.38. The van der Waals surface area contributed by atoms with E-state index in [1.807, 2.05) is 6.92 Å². The highest BCUT2D eigenvalue weighted by Gasteiger charge is 2.48. The quantitative estimate of drug-likeness (QED) is 0.819. The fraction of sp³-hybridized carbons (Fsp3) is 0.923. The normalized spacial score (nSPS) is 35.7. The van der Waals surface area contributed by atoms with Gasteiger partial charge in [0.1, 0.15) is 5.54 Å². The molecule has 0 amide bonds. The minimum absolute atomic E-state index is 0.399. The summed E-state index contributed by atoms with van der Waals surface area (Å²) in [5.74, 6) is -0.636. The Morgan fingerprint density at radius 3 is 2.94 bits per heavy atom. The van der Waals surface area contributed by atoms with E-state index in [0.29, 0.717) is 12.5 Å². The van der Waals surface area contributed by atoms with Gasteiger partial charge in [-0.3, -0.25) is 9.69 Å². The van der Waals surface area contributed by atoms with Crippen molar-refractivity contribution in [1.82, 2.24) is 4.90 Å². The Bertz CT molecular complexity index is 274. The summed E-state index contributed by atoms with van der Waals surface area (Å²) < 4.78 is 5.47. The molecule has 4 nitrogen and oxygen atoms in total. The van der Waals surface area contributed by atoms with Crippen LogP contribution in [0.15, 0.2) is 0 Å². The highest BCUT2D eigenvalue weighted by Crippen LogP contribution is 2.36. The maximum atomic E-state index is 11.6. The first-order valence-electron chi connectivity index (χ1n) is 6.78. The van der Waals surface area contributed by atoms with Gasteiger partial charge in [0.2, 0.25) is 0 Å². The molecule has 0 aliphatic carbocycles. The minimum atomic E-state index is -0.636. The standard InChI is InChI=1S/C13H23NO3/c1-2-13(12(15)16)7-4-8-14(13)11-5-3-9-17-10-6-11/h11H,2-10H2,1H3,(H,15,16). The topological polar surface area (TPSA) is 49.8 Å². The van der Waals surface area contributed by atoms with E-state index in [0.717, 1.165) is 51.9 Å². The Balaban J connectivity index is 2.14. The van der Waals surface area contributed by atoms with Gasteiger partial charge in [0.25, 0.3) is 0 Å². The molecule has 0 aromatic rings. The first kappa shape index (κ1) is 12.8. The lowest BCUT2D eigenvalue weighted by atomic mass is 9.90. The van der Waals surface area contributed by atoms with Crippen molar-refractivity contribution in [3.8, 4) is 0 Å². The molecule has 2 aliphatic rings. The predicted octanol–water partition coefficient (Wildman–Crippen LogP) is 1.88. The molecule has 0 spiro atoms. The maximum absolute atomic E-state index is 11.6. The molecule has 98 valence electrons. The van der Waals surface area contributed by atoms with Gasteiger partial charge in [-0.1, -0.05) is 6.92 Å². The monoisotopic (exact) mass is 241 g/mol. The average molecular weight is 241 g/mol. The fourth-order valence-corrected chi connectivity index (χ4v) is 3.39. The maximum Gasteiger partial charge on any atom is 0.324 e. The van der Waals surface area contributed by atoms with Gasteiger partial charge in [-0.15, -0.1) is 0 Å². The number of likely N-dealkylation sites (tertiary alicyclic amines) is 1. The second-order valence-electron chi connectivity index (χ2n) is 5.18. The molecule has 1 N–H and O–H groups in total. The lowest BCUT2D eigenvalue weighted by Crippen LogP contribution is -2.54. The fourth-order valence-electron chi connectivity index (χ4n) is 3.39. The zero-order chi connectivity index (χ0) is 12.3. The third kappa shape index (κ3) is 2.33. The number of carboxylic acids is 1. The van der Waals surface area contributed by atoms with E-state index < -0.39 is 11.5 Å². The zero-order valence-electron chi connectivity index (χ0n) is 10.7. The summed E-state index contributed by atoms with van der Waals surface area (Å²) in [7, 11) is 0.